The number of hydrogen-bond donors (Lipinski definition) is 2. The van der Waals surface area contributed by atoms with Crippen LogP contribution in [0.3, 0.4) is 0 Å². The third-order valence-electron chi connectivity index (χ3n) is 5.61. The van der Waals surface area contributed by atoms with Crippen molar-refractivity contribution in [2.24, 2.45) is 0 Å². The zero-order valence-corrected chi connectivity index (χ0v) is 16.0. The maximum Gasteiger partial charge on any atom is 0.254 e. The van der Waals surface area contributed by atoms with Crippen molar-refractivity contribution < 1.29 is 4.39 Å². The van der Waals surface area contributed by atoms with E-state index >= 15 is 0 Å². The number of nitrogens with one attached hydrogen (secondary N) is 2. The van der Waals surface area contributed by atoms with Crippen molar-refractivity contribution in [2.75, 3.05) is 6.54 Å². The van der Waals surface area contributed by atoms with Gasteiger partial charge in [-0.2, -0.15) is 0 Å². The average Bonchev–Trinajstić information content (AvgIpc) is 3.03. The van der Waals surface area contributed by atoms with Crippen LogP contribution in [-0.2, 0) is 19.5 Å². The van der Waals surface area contributed by atoms with E-state index in [1.807, 2.05) is 19.1 Å². The quantitative estimate of drug-likeness (QED) is 0.564. The summed E-state index contributed by atoms with van der Waals surface area (Å²) in [5.41, 5.74) is 5.39. The van der Waals surface area contributed by atoms with Gasteiger partial charge in [-0.25, -0.2) is 9.37 Å². The number of halogens is 1. The van der Waals surface area contributed by atoms with Crippen LogP contribution in [0.5, 0.6) is 0 Å². The Kier molecular flexibility index (Phi) is 4.24. The number of hydrogen-bond acceptors (Lipinski definition) is 4. The number of pyridine rings is 1. The van der Waals surface area contributed by atoms with Gasteiger partial charge < -0.3 is 9.97 Å². The predicted octanol–water partition coefficient (Wildman–Crippen LogP) is 3.32. The molecule has 146 valence electrons. The van der Waals surface area contributed by atoms with Crippen LogP contribution in [0.15, 0.2) is 47.5 Å². The lowest BCUT2D eigenvalue weighted by Crippen LogP contribution is -2.35. The molecule has 0 radical (unpaired) electrons. The van der Waals surface area contributed by atoms with Crippen LogP contribution in [0.4, 0.5) is 4.39 Å². The molecule has 2 N–H and O–H groups in total. The first-order valence-electron chi connectivity index (χ1n) is 9.60. The normalized spacial score (nSPS) is 14.3. The zero-order chi connectivity index (χ0) is 20.0. The Hall–Kier alpha value is -3.32. The van der Waals surface area contributed by atoms with Crippen molar-refractivity contribution in [1.29, 1.82) is 0 Å². The Morgan fingerprint density at radius 2 is 2.00 bits per heavy atom. The van der Waals surface area contributed by atoms with Crippen molar-refractivity contribution in [2.45, 2.75) is 26.4 Å². The van der Waals surface area contributed by atoms with Gasteiger partial charge in [0.1, 0.15) is 11.6 Å². The lowest BCUT2D eigenvalue weighted by molar-refractivity contribution is 0.238. The van der Waals surface area contributed by atoms with Gasteiger partial charge in [-0.3, -0.25) is 14.7 Å². The molecule has 1 aliphatic rings. The number of benzene rings is 1. The summed E-state index contributed by atoms with van der Waals surface area (Å²) in [4.78, 5) is 29.9. The maximum atomic E-state index is 13.6. The molecule has 0 saturated heterocycles. The van der Waals surface area contributed by atoms with Crippen LogP contribution < -0.4 is 5.56 Å². The van der Waals surface area contributed by atoms with Crippen molar-refractivity contribution in [3.05, 3.63) is 81.4 Å². The van der Waals surface area contributed by atoms with Gasteiger partial charge >= 0.3 is 0 Å². The highest BCUT2D eigenvalue weighted by atomic mass is 19.1. The minimum atomic E-state index is -0.231. The third kappa shape index (κ3) is 3.23. The molecule has 5 rings (SSSR count). The molecule has 7 heteroatoms. The minimum Gasteiger partial charge on any atom is -0.357 e. The molecule has 6 nitrogen and oxygen atoms in total. The van der Waals surface area contributed by atoms with Crippen LogP contribution in [0.1, 0.15) is 22.5 Å². The molecule has 0 amide bonds. The van der Waals surface area contributed by atoms with E-state index in [0.29, 0.717) is 25.3 Å². The van der Waals surface area contributed by atoms with Crippen LogP contribution >= 0.6 is 0 Å². The molecule has 4 aromatic rings. The van der Waals surface area contributed by atoms with Crippen LogP contribution in [-0.4, -0.2) is 31.4 Å². The Balaban J connectivity index is 1.44. The van der Waals surface area contributed by atoms with Gasteiger partial charge in [0.15, 0.2) is 0 Å². The maximum absolute atomic E-state index is 13.6. The van der Waals surface area contributed by atoms with Crippen molar-refractivity contribution in [1.82, 2.24) is 24.8 Å². The van der Waals surface area contributed by atoms with Gasteiger partial charge in [-0.1, -0.05) is 0 Å². The first kappa shape index (κ1) is 17.8. The van der Waals surface area contributed by atoms with Crippen molar-refractivity contribution in [3.63, 3.8) is 0 Å². The fourth-order valence-electron chi connectivity index (χ4n) is 4.01. The monoisotopic (exact) mass is 389 g/mol. The summed E-state index contributed by atoms with van der Waals surface area (Å²) in [5, 5.41) is 0.909. The smallest absolute Gasteiger partial charge is 0.254 e. The van der Waals surface area contributed by atoms with Crippen molar-refractivity contribution >= 4 is 10.9 Å². The summed E-state index contributed by atoms with van der Waals surface area (Å²) >= 11 is 0. The number of rotatable bonds is 3. The van der Waals surface area contributed by atoms with Gasteiger partial charge in [-0.15, -0.1) is 0 Å². The molecule has 29 heavy (non-hydrogen) atoms. The van der Waals surface area contributed by atoms with E-state index in [4.69, 9.17) is 4.98 Å². The summed E-state index contributed by atoms with van der Waals surface area (Å²) in [6.07, 6.45) is 4.02. The largest absolute Gasteiger partial charge is 0.357 e. The number of aromatic nitrogens is 4. The molecular formula is C22H20FN5O. The minimum absolute atomic E-state index is 0.0706. The summed E-state index contributed by atoms with van der Waals surface area (Å²) < 4.78 is 13.6. The average molecular weight is 389 g/mol. The SMILES string of the molecule is Cc1c(CN2CCc3c(nc(-c4ccncc4)[nH]c3=O)C2)[nH]c2ccc(F)cc12. The van der Waals surface area contributed by atoms with Crippen molar-refractivity contribution in [3.8, 4) is 11.4 Å². The molecule has 0 aliphatic carbocycles. The van der Waals surface area contributed by atoms with E-state index in [9.17, 15) is 9.18 Å². The number of fused-ring (bicyclic) bond motifs is 2. The molecule has 0 bridgehead atoms. The van der Waals surface area contributed by atoms with Crippen LogP contribution in [0.25, 0.3) is 22.3 Å². The molecule has 0 fully saturated rings. The molecule has 0 spiro atoms. The molecule has 4 heterocycles. The highest BCUT2D eigenvalue weighted by Crippen LogP contribution is 2.25. The Bertz CT molecular complexity index is 1260. The zero-order valence-electron chi connectivity index (χ0n) is 16.0. The predicted molar refractivity (Wildman–Crippen MR) is 109 cm³/mol. The molecular weight excluding hydrogens is 369 g/mol. The second-order valence-corrected chi connectivity index (χ2v) is 7.45. The molecule has 1 aliphatic heterocycles. The van der Waals surface area contributed by atoms with E-state index in [0.717, 1.165) is 45.5 Å². The number of nitrogens with zero attached hydrogens (tertiary/aromatic N) is 3. The summed E-state index contributed by atoms with van der Waals surface area (Å²) in [7, 11) is 0. The third-order valence-corrected chi connectivity index (χ3v) is 5.61. The van der Waals surface area contributed by atoms with E-state index in [2.05, 4.69) is 19.9 Å². The van der Waals surface area contributed by atoms with Gasteiger partial charge in [0, 0.05) is 59.8 Å². The van der Waals surface area contributed by atoms with Gasteiger partial charge in [0.2, 0.25) is 0 Å². The number of aryl methyl sites for hydroxylation is 1. The van der Waals surface area contributed by atoms with E-state index in [1.165, 1.54) is 6.07 Å². The second kappa shape index (κ2) is 6.93. The van der Waals surface area contributed by atoms with Gasteiger partial charge in [0.25, 0.3) is 5.56 Å². The Morgan fingerprint density at radius 3 is 2.83 bits per heavy atom. The highest BCUT2D eigenvalue weighted by Gasteiger charge is 2.22. The summed E-state index contributed by atoms with van der Waals surface area (Å²) in [6.45, 7) is 4.08. The molecule has 0 atom stereocenters. The summed E-state index contributed by atoms with van der Waals surface area (Å²) in [6, 6.07) is 8.47. The number of aromatic amines is 2. The first-order chi connectivity index (χ1) is 14.1. The lowest BCUT2D eigenvalue weighted by atomic mass is 10.1. The van der Waals surface area contributed by atoms with Crippen LogP contribution in [0, 0.1) is 12.7 Å². The van der Waals surface area contributed by atoms with E-state index in [-0.39, 0.29) is 11.4 Å². The lowest BCUT2D eigenvalue weighted by Gasteiger charge is -2.27. The molecule has 3 aromatic heterocycles. The standard InChI is InChI=1S/C22H20FN5O/c1-13-17-10-15(23)2-3-18(17)25-19(13)11-28-9-6-16-20(12-28)26-21(27-22(16)29)14-4-7-24-8-5-14/h2-5,7-8,10,25H,6,9,11-12H2,1H3,(H,26,27,29). The molecule has 0 unspecified atom stereocenters. The fourth-order valence-corrected chi connectivity index (χ4v) is 4.01. The van der Waals surface area contributed by atoms with E-state index < -0.39 is 0 Å². The first-order valence-corrected chi connectivity index (χ1v) is 9.60. The highest BCUT2D eigenvalue weighted by molar-refractivity contribution is 5.84. The molecule has 0 saturated carbocycles. The fraction of sp³-hybridized carbons (Fsp3) is 0.227. The molecule has 1 aromatic carbocycles. The van der Waals surface area contributed by atoms with E-state index in [1.54, 1.807) is 24.5 Å². The Labute approximate surface area is 166 Å². The Morgan fingerprint density at radius 1 is 1.17 bits per heavy atom. The summed E-state index contributed by atoms with van der Waals surface area (Å²) in [5.74, 6) is 0.334. The topological polar surface area (TPSA) is 77.7 Å². The van der Waals surface area contributed by atoms with Crippen LogP contribution in [0.2, 0.25) is 0 Å². The second-order valence-electron chi connectivity index (χ2n) is 7.45. The van der Waals surface area contributed by atoms with Gasteiger partial charge in [0.05, 0.1) is 5.69 Å². The van der Waals surface area contributed by atoms with Gasteiger partial charge in [-0.05, 0) is 49.2 Å². The number of H-pyrrole nitrogens is 2.